The smallest absolute Gasteiger partial charge is 0.251 e. The summed E-state index contributed by atoms with van der Waals surface area (Å²) in [6.45, 7) is 2.47. The van der Waals surface area contributed by atoms with Gasteiger partial charge in [-0.3, -0.25) is 4.79 Å². The highest BCUT2D eigenvalue weighted by Crippen LogP contribution is 2.25. The van der Waals surface area contributed by atoms with Crippen molar-refractivity contribution in [1.82, 2.24) is 5.32 Å². The number of hydrogen-bond donors (Lipinski definition) is 3. The molecule has 4 N–H and O–H groups in total. The molecule has 0 saturated heterocycles. The van der Waals surface area contributed by atoms with Gasteiger partial charge in [-0.25, -0.2) is 0 Å². The van der Waals surface area contributed by atoms with Crippen LogP contribution in [0.15, 0.2) is 18.2 Å². The molecule has 0 radical (unpaired) electrons. The van der Waals surface area contributed by atoms with Gasteiger partial charge in [-0.05, 0) is 24.6 Å². The van der Waals surface area contributed by atoms with Crippen LogP contribution in [0, 0.1) is 0 Å². The minimum Gasteiger partial charge on any atom is -0.504 e. The van der Waals surface area contributed by atoms with E-state index in [2.05, 4.69) is 5.32 Å². The Bertz CT molecular complexity index is 407. The molecule has 0 bridgehead atoms. The van der Waals surface area contributed by atoms with E-state index in [-0.39, 0.29) is 17.7 Å². The van der Waals surface area contributed by atoms with E-state index in [1.54, 1.807) is 12.1 Å². The van der Waals surface area contributed by atoms with Crippen LogP contribution in [0.4, 0.5) is 0 Å². The highest BCUT2D eigenvalue weighted by atomic mass is 16.5. The Morgan fingerprint density at radius 2 is 2.28 bits per heavy atom. The number of aromatic hydroxyl groups is 1. The number of amides is 1. The minimum atomic E-state index is -0.250. The fourth-order valence-corrected chi connectivity index (χ4v) is 1.63. The molecule has 5 nitrogen and oxygen atoms in total. The molecular formula is C13H20N2O3. The first kappa shape index (κ1) is 14.3. The molecule has 0 aliphatic heterocycles. The maximum atomic E-state index is 11.8. The number of benzene rings is 1. The number of rotatable bonds is 6. The highest BCUT2D eigenvalue weighted by molar-refractivity contribution is 5.94. The highest BCUT2D eigenvalue weighted by Gasteiger charge is 2.10. The number of methoxy groups -OCH3 is 1. The summed E-state index contributed by atoms with van der Waals surface area (Å²) in [6, 6.07) is 4.49. The van der Waals surface area contributed by atoms with Gasteiger partial charge >= 0.3 is 0 Å². The van der Waals surface area contributed by atoms with Crippen LogP contribution < -0.4 is 15.8 Å². The van der Waals surface area contributed by atoms with Crippen LogP contribution in [0.2, 0.25) is 0 Å². The Kier molecular flexibility index (Phi) is 5.45. The van der Waals surface area contributed by atoms with Crippen molar-refractivity contribution in [3.63, 3.8) is 0 Å². The molecule has 0 aliphatic rings. The molecule has 100 valence electrons. The van der Waals surface area contributed by atoms with Crippen molar-refractivity contribution in [2.24, 2.45) is 5.73 Å². The quantitative estimate of drug-likeness (QED) is 0.711. The second-order valence-electron chi connectivity index (χ2n) is 4.15. The van der Waals surface area contributed by atoms with Crippen molar-refractivity contribution in [1.29, 1.82) is 0 Å². The van der Waals surface area contributed by atoms with E-state index in [1.165, 1.54) is 13.2 Å². The summed E-state index contributed by atoms with van der Waals surface area (Å²) >= 11 is 0. The standard InChI is InChI=1S/C13H20N2O3/c1-3-4-10(14)8-15-13(17)9-5-6-12(18-2)11(16)7-9/h5-7,10,16H,3-4,8,14H2,1-2H3,(H,15,17). The largest absolute Gasteiger partial charge is 0.504 e. The molecule has 1 rings (SSSR count). The molecule has 1 unspecified atom stereocenters. The molecule has 0 spiro atoms. The third-order valence-electron chi connectivity index (χ3n) is 2.63. The summed E-state index contributed by atoms with van der Waals surface area (Å²) in [5, 5.41) is 12.3. The number of nitrogens with one attached hydrogen (secondary N) is 1. The van der Waals surface area contributed by atoms with Gasteiger partial charge in [-0.1, -0.05) is 13.3 Å². The van der Waals surface area contributed by atoms with E-state index >= 15 is 0 Å². The topological polar surface area (TPSA) is 84.6 Å². The van der Waals surface area contributed by atoms with Gasteiger partial charge in [0, 0.05) is 18.2 Å². The van der Waals surface area contributed by atoms with Crippen molar-refractivity contribution in [2.45, 2.75) is 25.8 Å². The van der Waals surface area contributed by atoms with E-state index < -0.39 is 0 Å². The van der Waals surface area contributed by atoms with E-state index in [1.807, 2.05) is 6.92 Å². The van der Waals surface area contributed by atoms with Crippen molar-refractivity contribution < 1.29 is 14.6 Å². The number of phenols is 1. The zero-order valence-corrected chi connectivity index (χ0v) is 10.8. The Hall–Kier alpha value is -1.75. The molecule has 0 aliphatic carbocycles. The predicted octanol–water partition coefficient (Wildman–Crippen LogP) is 1.26. The first-order chi connectivity index (χ1) is 8.58. The zero-order valence-electron chi connectivity index (χ0n) is 10.8. The number of phenolic OH excluding ortho intramolecular Hbond substituents is 1. The van der Waals surface area contributed by atoms with E-state index in [4.69, 9.17) is 10.5 Å². The van der Waals surface area contributed by atoms with E-state index in [0.717, 1.165) is 12.8 Å². The Morgan fingerprint density at radius 1 is 1.56 bits per heavy atom. The normalized spacial score (nSPS) is 11.9. The number of nitrogens with two attached hydrogens (primary N) is 1. The summed E-state index contributed by atoms with van der Waals surface area (Å²) in [7, 11) is 1.46. The number of carbonyl (C=O) groups excluding carboxylic acids is 1. The lowest BCUT2D eigenvalue weighted by atomic mass is 10.1. The van der Waals surface area contributed by atoms with Gasteiger partial charge in [0.2, 0.25) is 0 Å². The van der Waals surface area contributed by atoms with Crippen LogP contribution in [-0.4, -0.2) is 30.7 Å². The molecule has 0 aromatic heterocycles. The Morgan fingerprint density at radius 3 is 2.83 bits per heavy atom. The Labute approximate surface area is 107 Å². The molecular weight excluding hydrogens is 232 g/mol. The van der Waals surface area contributed by atoms with Crippen molar-refractivity contribution >= 4 is 5.91 Å². The summed E-state index contributed by atoms with van der Waals surface area (Å²) < 4.78 is 4.91. The molecule has 1 atom stereocenters. The fourth-order valence-electron chi connectivity index (χ4n) is 1.63. The molecule has 1 aromatic carbocycles. The molecule has 1 aromatic rings. The number of carbonyl (C=O) groups is 1. The summed E-state index contributed by atoms with van der Waals surface area (Å²) in [4.78, 5) is 11.8. The van der Waals surface area contributed by atoms with Crippen molar-refractivity contribution in [2.75, 3.05) is 13.7 Å². The average Bonchev–Trinajstić information content (AvgIpc) is 2.36. The van der Waals surface area contributed by atoms with Gasteiger partial charge in [0.1, 0.15) is 0 Å². The lowest BCUT2D eigenvalue weighted by Gasteiger charge is -2.12. The Balaban J connectivity index is 2.59. The van der Waals surface area contributed by atoms with Crippen LogP contribution in [0.1, 0.15) is 30.1 Å². The summed E-state index contributed by atoms with van der Waals surface area (Å²) in [5.41, 5.74) is 6.19. The van der Waals surface area contributed by atoms with Gasteiger partial charge in [-0.15, -0.1) is 0 Å². The molecule has 0 heterocycles. The third-order valence-corrected chi connectivity index (χ3v) is 2.63. The molecule has 18 heavy (non-hydrogen) atoms. The third kappa shape index (κ3) is 3.92. The van der Waals surface area contributed by atoms with Crippen molar-refractivity contribution in [3.05, 3.63) is 23.8 Å². The van der Waals surface area contributed by atoms with Gasteiger partial charge in [0.05, 0.1) is 7.11 Å². The lowest BCUT2D eigenvalue weighted by molar-refractivity contribution is 0.0950. The van der Waals surface area contributed by atoms with Crippen LogP contribution in [-0.2, 0) is 0 Å². The lowest BCUT2D eigenvalue weighted by Crippen LogP contribution is -2.37. The second kappa shape index (κ2) is 6.86. The van der Waals surface area contributed by atoms with Crippen LogP contribution in [0.5, 0.6) is 11.5 Å². The second-order valence-corrected chi connectivity index (χ2v) is 4.15. The maximum absolute atomic E-state index is 11.8. The van der Waals surface area contributed by atoms with E-state index in [9.17, 15) is 9.90 Å². The summed E-state index contributed by atoms with van der Waals surface area (Å²) in [5.74, 6) is 0.0387. The van der Waals surface area contributed by atoms with Crippen LogP contribution in [0.25, 0.3) is 0 Å². The molecule has 1 amide bonds. The first-order valence-corrected chi connectivity index (χ1v) is 5.99. The van der Waals surface area contributed by atoms with Gasteiger partial charge in [0.25, 0.3) is 5.91 Å². The number of ether oxygens (including phenoxy) is 1. The zero-order chi connectivity index (χ0) is 13.5. The van der Waals surface area contributed by atoms with Crippen LogP contribution >= 0.6 is 0 Å². The molecule has 0 saturated carbocycles. The van der Waals surface area contributed by atoms with Gasteiger partial charge in [0.15, 0.2) is 11.5 Å². The molecule has 5 heteroatoms. The SMILES string of the molecule is CCCC(N)CNC(=O)c1ccc(OC)c(O)c1. The maximum Gasteiger partial charge on any atom is 0.251 e. The van der Waals surface area contributed by atoms with Crippen molar-refractivity contribution in [3.8, 4) is 11.5 Å². The van der Waals surface area contributed by atoms with Gasteiger partial charge in [-0.2, -0.15) is 0 Å². The predicted molar refractivity (Wildman–Crippen MR) is 69.9 cm³/mol. The first-order valence-electron chi connectivity index (χ1n) is 5.99. The van der Waals surface area contributed by atoms with Crippen LogP contribution in [0.3, 0.4) is 0 Å². The average molecular weight is 252 g/mol. The van der Waals surface area contributed by atoms with Gasteiger partial charge < -0.3 is 20.9 Å². The van der Waals surface area contributed by atoms with E-state index in [0.29, 0.717) is 17.9 Å². The number of hydrogen-bond acceptors (Lipinski definition) is 4. The molecule has 0 fully saturated rings. The fraction of sp³-hybridized carbons (Fsp3) is 0.462. The minimum absolute atomic E-state index is 0.0363. The summed E-state index contributed by atoms with van der Waals surface area (Å²) in [6.07, 6.45) is 1.86. The monoisotopic (exact) mass is 252 g/mol.